The summed E-state index contributed by atoms with van der Waals surface area (Å²) in [7, 11) is 0. The molecule has 0 atom stereocenters. The quantitative estimate of drug-likeness (QED) is 0.888. The lowest BCUT2D eigenvalue weighted by Crippen LogP contribution is -2.34. The SMILES string of the molecule is CCCn1sc2ccccc2c1=O.O=C(O)NC1CCCCC1. The average Bonchev–Trinajstić information content (AvgIpc) is 2.86. The van der Waals surface area contributed by atoms with E-state index in [1.54, 1.807) is 11.5 Å². The van der Waals surface area contributed by atoms with Gasteiger partial charge in [0.25, 0.3) is 5.56 Å². The number of aryl methyl sites for hydroxylation is 1. The summed E-state index contributed by atoms with van der Waals surface area (Å²) in [6.07, 6.45) is 5.77. The van der Waals surface area contributed by atoms with E-state index < -0.39 is 6.09 Å². The first kappa shape index (κ1) is 17.5. The van der Waals surface area contributed by atoms with Gasteiger partial charge in [-0.1, -0.05) is 49.9 Å². The van der Waals surface area contributed by atoms with Crippen molar-refractivity contribution in [1.82, 2.24) is 9.27 Å². The fraction of sp³-hybridized carbons (Fsp3) is 0.529. The minimum absolute atomic E-state index is 0.155. The van der Waals surface area contributed by atoms with Gasteiger partial charge in [0.2, 0.25) is 0 Å². The topological polar surface area (TPSA) is 71.3 Å². The Morgan fingerprint density at radius 2 is 2.00 bits per heavy atom. The van der Waals surface area contributed by atoms with Crippen LogP contribution in [0.25, 0.3) is 10.1 Å². The summed E-state index contributed by atoms with van der Waals surface area (Å²) < 4.78 is 2.91. The summed E-state index contributed by atoms with van der Waals surface area (Å²) in [5.41, 5.74) is 0.155. The molecule has 1 aliphatic rings. The number of fused-ring (bicyclic) bond motifs is 1. The van der Waals surface area contributed by atoms with Crippen molar-refractivity contribution in [3.05, 3.63) is 34.6 Å². The normalized spacial score (nSPS) is 15.0. The van der Waals surface area contributed by atoms with Crippen LogP contribution in [0.5, 0.6) is 0 Å². The van der Waals surface area contributed by atoms with Crippen molar-refractivity contribution < 1.29 is 9.90 Å². The van der Waals surface area contributed by atoms with Gasteiger partial charge in [-0.15, -0.1) is 0 Å². The third-order valence-electron chi connectivity index (χ3n) is 3.91. The van der Waals surface area contributed by atoms with E-state index in [0.717, 1.165) is 35.9 Å². The van der Waals surface area contributed by atoms with Crippen molar-refractivity contribution in [3.63, 3.8) is 0 Å². The molecule has 1 saturated carbocycles. The summed E-state index contributed by atoms with van der Waals surface area (Å²) in [5, 5.41) is 11.7. The van der Waals surface area contributed by atoms with Crippen LogP contribution < -0.4 is 10.9 Å². The summed E-state index contributed by atoms with van der Waals surface area (Å²) in [4.78, 5) is 21.8. The number of nitrogens with zero attached hydrogens (tertiary/aromatic N) is 1. The highest BCUT2D eigenvalue weighted by atomic mass is 32.1. The number of benzene rings is 1. The average molecular weight is 336 g/mol. The molecule has 0 spiro atoms. The predicted molar refractivity (Wildman–Crippen MR) is 94.4 cm³/mol. The zero-order valence-corrected chi connectivity index (χ0v) is 14.3. The molecule has 0 saturated heterocycles. The number of hydrogen-bond acceptors (Lipinski definition) is 3. The lowest BCUT2D eigenvalue weighted by atomic mass is 9.96. The van der Waals surface area contributed by atoms with Gasteiger partial charge in [0.05, 0.1) is 10.1 Å². The van der Waals surface area contributed by atoms with Crippen molar-refractivity contribution in [2.45, 2.75) is 58.0 Å². The molecule has 1 aliphatic carbocycles. The van der Waals surface area contributed by atoms with Crippen molar-refractivity contribution in [2.24, 2.45) is 0 Å². The smallest absolute Gasteiger partial charge is 0.404 e. The van der Waals surface area contributed by atoms with E-state index >= 15 is 0 Å². The van der Waals surface area contributed by atoms with Crippen LogP contribution in [0.4, 0.5) is 4.79 Å². The van der Waals surface area contributed by atoms with Crippen LogP contribution in [0.3, 0.4) is 0 Å². The molecule has 0 bridgehead atoms. The zero-order valence-electron chi connectivity index (χ0n) is 13.5. The number of rotatable bonds is 3. The Balaban J connectivity index is 0.000000174. The van der Waals surface area contributed by atoms with Crippen LogP contribution >= 0.6 is 11.5 Å². The molecule has 0 radical (unpaired) electrons. The maximum Gasteiger partial charge on any atom is 0.404 e. The van der Waals surface area contributed by atoms with Gasteiger partial charge in [0.15, 0.2) is 0 Å². The monoisotopic (exact) mass is 336 g/mol. The molecule has 1 heterocycles. The van der Waals surface area contributed by atoms with Crippen molar-refractivity contribution in [2.75, 3.05) is 0 Å². The molecule has 5 nitrogen and oxygen atoms in total. The van der Waals surface area contributed by atoms with E-state index in [4.69, 9.17) is 5.11 Å². The van der Waals surface area contributed by atoms with Gasteiger partial charge in [-0.25, -0.2) is 4.79 Å². The third kappa shape index (κ3) is 5.10. The van der Waals surface area contributed by atoms with Gasteiger partial charge in [-0.2, -0.15) is 0 Å². The van der Waals surface area contributed by atoms with E-state index in [9.17, 15) is 9.59 Å². The van der Waals surface area contributed by atoms with Gasteiger partial charge >= 0.3 is 6.09 Å². The molecule has 3 rings (SSSR count). The first-order valence-electron chi connectivity index (χ1n) is 8.20. The molecule has 0 aliphatic heterocycles. The summed E-state index contributed by atoms with van der Waals surface area (Å²) in [5.74, 6) is 0. The van der Waals surface area contributed by atoms with E-state index in [1.165, 1.54) is 19.3 Å². The maximum atomic E-state index is 11.7. The summed E-state index contributed by atoms with van der Waals surface area (Å²) >= 11 is 1.55. The van der Waals surface area contributed by atoms with Gasteiger partial charge in [-0.3, -0.25) is 8.75 Å². The van der Waals surface area contributed by atoms with Crippen LogP contribution in [0, 0.1) is 0 Å². The highest BCUT2D eigenvalue weighted by Gasteiger charge is 2.14. The largest absolute Gasteiger partial charge is 0.465 e. The van der Waals surface area contributed by atoms with E-state index in [2.05, 4.69) is 12.2 Å². The summed E-state index contributed by atoms with van der Waals surface area (Å²) in [6, 6.07) is 7.99. The molecule has 1 aromatic heterocycles. The number of carboxylic acid groups (broad SMARTS) is 1. The van der Waals surface area contributed by atoms with Crippen LogP contribution in [0.1, 0.15) is 45.4 Å². The van der Waals surface area contributed by atoms with Crippen LogP contribution in [-0.2, 0) is 6.54 Å². The second-order valence-corrected chi connectivity index (χ2v) is 6.84. The molecule has 2 N–H and O–H groups in total. The number of nitrogens with one attached hydrogen (secondary N) is 1. The molecular weight excluding hydrogens is 312 g/mol. The first-order valence-corrected chi connectivity index (χ1v) is 8.97. The molecule has 0 unspecified atom stereocenters. The molecule has 1 amide bonds. The highest BCUT2D eigenvalue weighted by Crippen LogP contribution is 2.17. The van der Waals surface area contributed by atoms with Crippen molar-refractivity contribution >= 4 is 27.7 Å². The van der Waals surface area contributed by atoms with Crippen molar-refractivity contribution in [3.8, 4) is 0 Å². The zero-order chi connectivity index (χ0) is 16.7. The fourth-order valence-electron chi connectivity index (χ4n) is 2.79. The Bertz CT molecular complexity index is 686. The first-order chi connectivity index (χ1) is 11.1. The molecule has 1 aromatic carbocycles. The fourth-order valence-corrected chi connectivity index (χ4v) is 3.87. The molecular formula is C17H24N2O3S. The van der Waals surface area contributed by atoms with E-state index in [0.29, 0.717) is 0 Å². The van der Waals surface area contributed by atoms with E-state index in [-0.39, 0.29) is 11.6 Å². The lowest BCUT2D eigenvalue weighted by molar-refractivity contribution is 0.186. The van der Waals surface area contributed by atoms with Gasteiger partial charge in [0.1, 0.15) is 0 Å². The Labute approximate surface area is 140 Å². The molecule has 2 aromatic rings. The Morgan fingerprint density at radius 1 is 1.30 bits per heavy atom. The van der Waals surface area contributed by atoms with Crippen LogP contribution in [0.15, 0.2) is 29.1 Å². The van der Waals surface area contributed by atoms with Gasteiger partial charge < -0.3 is 10.4 Å². The summed E-state index contributed by atoms with van der Waals surface area (Å²) in [6.45, 7) is 2.91. The third-order valence-corrected chi connectivity index (χ3v) is 5.03. The van der Waals surface area contributed by atoms with Gasteiger partial charge in [-0.05, 0) is 31.4 Å². The molecule has 23 heavy (non-hydrogen) atoms. The Hall–Kier alpha value is -1.82. The minimum atomic E-state index is -0.882. The number of hydrogen-bond donors (Lipinski definition) is 2. The van der Waals surface area contributed by atoms with Gasteiger partial charge in [0, 0.05) is 12.6 Å². The Morgan fingerprint density at radius 3 is 2.61 bits per heavy atom. The van der Waals surface area contributed by atoms with Crippen LogP contribution in [0.2, 0.25) is 0 Å². The second-order valence-electron chi connectivity index (χ2n) is 5.78. The Kier molecular flexibility index (Phi) is 6.65. The molecule has 1 fully saturated rings. The van der Waals surface area contributed by atoms with Crippen LogP contribution in [-0.4, -0.2) is 21.2 Å². The number of carbonyl (C=O) groups is 1. The molecule has 126 valence electrons. The number of amides is 1. The molecule has 6 heteroatoms. The lowest BCUT2D eigenvalue weighted by Gasteiger charge is -2.20. The van der Waals surface area contributed by atoms with Crippen molar-refractivity contribution in [1.29, 1.82) is 0 Å². The minimum Gasteiger partial charge on any atom is -0.465 e. The van der Waals surface area contributed by atoms with E-state index in [1.807, 2.05) is 28.2 Å². The standard InChI is InChI=1S/C10H11NOS.C7H13NO2/c1-2-7-11-10(12)8-5-3-4-6-9(8)13-11;9-7(10)8-6-4-2-1-3-5-6/h3-6H,2,7H2,1H3;6,8H,1-5H2,(H,9,10). The highest BCUT2D eigenvalue weighted by molar-refractivity contribution is 7.13. The predicted octanol–water partition coefficient (Wildman–Crippen LogP) is 4.06. The maximum absolute atomic E-state index is 11.7. The second kappa shape index (κ2) is 8.72. The number of aromatic nitrogens is 1.